The number of rotatable bonds is 5. The van der Waals surface area contributed by atoms with Crippen LogP contribution >= 0.6 is 35.6 Å². The Morgan fingerprint density at radius 1 is 1.21 bits per heavy atom. The Kier molecular flexibility index (Phi) is 5.75. The van der Waals surface area contributed by atoms with E-state index in [1.807, 2.05) is 12.1 Å². The minimum absolute atomic E-state index is 0.131. The maximum absolute atomic E-state index is 12.7. The molecule has 0 aliphatic carbocycles. The van der Waals surface area contributed by atoms with E-state index in [-0.39, 0.29) is 31.6 Å². The fourth-order valence-electron chi connectivity index (χ4n) is 2.82. The van der Waals surface area contributed by atoms with Crippen molar-refractivity contribution in [3.63, 3.8) is 0 Å². The van der Waals surface area contributed by atoms with E-state index in [4.69, 9.17) is 33.3 Å². The van der Waals surface area contributed by atoms with Crippen molar-refractivity contribution in [1.82, 2.24) is 4.90 Å². The lowest BCUT2D eigenvalue weighted by Crippen LogP contribution is -2.31. The van der Waals surface area contributed by atoms with Gasteiger partial charge in [0.15, 0.2) is 11.5 Å². The van der Waals surface area contributed by atoms with Gasteiger partial charge in [-0.3, -0.25) is 14.5 Å². The van der Waals surface area contributed by atoms with Crippen molar-refractivity contribution < 1.29 is 19.1 Å². The molecule has 2 aliphatic rings. The standard InChI is InChI=1S/C20H15ClN2O4S2/c21-13-2-4-14(5-3-13)22-18(24)7-8-23-19(25)17(29-20(23)28)10-12-1-6-15-16(9-12)27-11-26-15/h1-6,9-10H,7-8,11H2,(H,22,24)/b17-10-. The van der Waals surface area contributed by atoms with Gasteiger partial charge in [-0.2, -0.15) is 0 Å². The maximum Gasteiger partial charge on any atom is 0.266 e. The van der Waals surface area contributed by atoms with E-state index in [2.05, 4.69) is 5.32 Å². The SMILES string of the molecule is O=C(CCN1C(=O)/C(=C/c2ccc3c(c2)OCO3)SC1=S)Nc1ccc(Cl)cc1. The minimum atomic E-state index is -0.211. The largest absolute Gasteiger partial charge is 0.454 e. The van der Waals surface area contributed by atoms with Gasteiger partial charge in [-0.25, -0.2) is 0 Å². The number of benzene rings is 2. The van der Waals surface area contributed by atoms with E-state index in [1.54, 1.807) is 36.4 Å². The third-order valence-corrected chi connectivity index (χ3v) is 5.89. The number of thiocarbonyl (C=S) groups is 1. The number of carbonyl (C=O) groups is 2. The summed E-state index contributed by atoms with van der Waals surface area (Å²) in [5.74, 6) is 0.910. The summed E-state index contributed by atoms with van der Waals surface area (Å²) >= 11 is 12.4. The number of carbonyl (C=O) groups excluding carboxylic acids is 2. The smallest absolute Gasteiger partial charge is 0.266 e. The first-order valence-corrected chi connectivity index (χ1v) is 10.3. The monoisotopic (exact) mass is 446 g/mol. The highest BCUT2D eigenvalue weighted by Crippen LogP contribution is 2.36. The molecule has 0 atom stereocenters. The highest BCUT2D eigenvalue weighted by Gasteiger charge is 2.32. The normalized spacial score (nSPS) is 16.6. The van der Waals surface area contributed by atoms with Crippen molar-refractivity contribution >= 4 is 63.5 Å². The van der Waals surface area contributed by atoms with Crippen molar-refractivity contribution in [2.75, 3.05) is 18.7 Å². The Labute approximate surface area is 181 Å². The zero-order valence-electron chi connectivity index (χ0n) is 15.0. The van der Waals surface area contributed by atoms with Gasteiger partial charge in [0.1, 0.15) is 4.32 Å². The average molecular weight is 447 g/mol. The average Bonchev–Trinajstić information content (AvgIpc) is 3.26. The molecule has 2 aromatic carbocycles. The van der Waals surface area contributed by atoms with Gasteiger partial charge in [0, 0.05) is 23.7 Å². The third-order valence-electron chi connectivity index (χ3n) is 4.26. The van der Waals surface area contributed by atoms with Crippen LogP contribution in [0.2, 0.25) is 5.02 Å². The first-order valence-electron chi connectivity index (χ1n) is 8.70. The van der Waals surface area contributed by atoms with E-state index in [1.165, 1.54) is 16.7 Å². The summed E-state index contributed by atoms with van der Waals surface area (Å²) in [4.78, 5) is 26.8. The van der Waals surface area contributed by atoms with Gasteiger partial charge in [-0.15, -0.1) is 0 Å². The van der Waals surface area contributed by atoms with E-state index in [0.717, 1.165) is 5.56 Å². The molecule has 2 amide bonds. The van der Waals surface area contributed by atoms with Crippen molar-refractivity contribution in [2.45, 2.75) is 6.42 Å². The van der Waals surface area contributed by atoms with Gasteiger partial charge in [-0.05, 0) is 48.0 Å². The zero-order valence-corrected chi connectivity index (χ0v) is 17.4. The molecule has 0 spiro atoms. The van der Waals surface area contributed by atoms with Gasteiger partial charge < -0.3 is 14.8 Å². The molecule has 9 heteroatoms. The molecule has 0 bridgehead atoms. The number of hydrogen-bond donors (Lipinski definition) is 1. The second-order valence-electron chi connectivity index (χ2n) is 6.25. The fourth-order valence-corrected chi connectivity index (χ4v) is 4.25. The summed E-state index contributed by atoms with van der Waals surface area (Å²) in [6, 6.07) is 12.3. The molecule has 1 saturated heterocycles. The number of hydrogen-bond acceptors (Lipinski definition) is 6. The maximum atomic E-state index is 12.7. The van der Waals surface area contributed by atoms with Crippen LogP contribution < -0.4 is 14.8 Å². The van der Waals surface area contributed by atoms with Crippen LogP contribution in [0.5, 0.6) is 11.5 Å². The molecule has 29 heavy (non-hydrogen) atoms. The Hall–Kier alpha value is -2.55. The predicted octanol–water partition coefficient (Wildman–Crippen LogP) is 4.30. The highest BCUT2D eigenvalue weighted by molar-refractivity contribution is 8.26. The van der Waals surface area contributed by atoms with Gasteiger partial charge >= 0.3 is 0 Å². The Bertz CT molecular complexity index is 1020. The predicted molar refractivity (Wildman–Crippen MR) is 117 cm³/mol. The Morgan fingerprint density at radius 2 is 1.97 bits per heavy atom. The molecule has 1 N–H and O–H groups in total. The number of amides is 2. The molecule has 148 valence electrons. The van der Waals surface area contributed by atoms with Gasteiger partial charge in [0.2, 0.25) is 12.7 Å². The lowest BCUT2D eigenvalue weighted by molar-refractivity contribution is -0.122. The number of fused-ring (bicyclic) bond motifs is 1. The van der Waals surface area contributed by atoms with Crippen molar-refractivity contribution in [2.24, 2.45) is 0 Å². The number of halogens is 1. The fraction of sp³-hybridized carbons (Fsp3) is 0.150. The number of nitrogens with zero attached hydrogens (tertiary/aromatic N) is 1. The Balaban J connectivity index is 1.38. The lowest BCUT2D eigenvalue weighted by atomic mass is 10.2. The number of nitrogens with one attached hydrogen (secondary N) is 1. The third kappa shape index (κ3) is 4.55. The van der Waals surface area contributed by atoms with Gasteiger partial charge in [0.05, 0.1) is 4.91 Å². The van der Waals surface area contributed by atoms with Gasteiger partial charge in [-0.1, -0.05) is 41.6 Å². The van der Waals surface area contributed by atoms with Crippen LogP contribution in [0.1, 0.15) is 12.0 Å². The highest BCUT2D eigenvalue weighted by atomic mass is 35.5. The number of thioether (sulfide) groups is 1. The van der Waals surface area contributed by atoms with Crippen LogP contribution in [-0.4, -0.2) is 34.4 Å². The summed E-state index contributed by atoms with van der Waals surface area (Å²) in [7, 11) is 0. The van der Waals surface area contributed by atoms with Crippen LogP contribution in [0, 0.1) is 0 Å². The molecule has 2 aromatic rings. The van der Waals surface area contributed by atoms with E-state index >= 15 is 0 Å². The number of anilines is 1. The summed E-state index contributed by atoms with van der Waals surface area (Å²) in [6.07, 6.45) is 1.89. The summed E-state index contributed by atoms with van der Waals surface area (Å²) in [5, 5.41) is 3.36. The first-order chi connectivity index (χ1) is 14.0. The topological polar surface area (TPSA) is 67.9 Å². The summed E-state index contributed by atoms with van der Waals surface area (Å²) in [6.45, 7) is 0.404. The van der Waals surface area contributed by atoms with Crippen molar-refractivity contribution in [3.05, 3.63) is 58.0 Å². The molecule has 0 radical (unpaired) electrons. The molecule has 2 aliphatic heterocycles. The quantitative estimate of drug-likeness (QED) is 0.545. The van der Waals surface area contributed by atoms with Crippen molar-refractivity contribution in [3.8, 4) is 11.5 Å². The molecule has 0 unspecified atom stereocenters. The van der Waals surface area contributed by atoms with E-state index in [0.29, 0.717) is 31.4 Å². The van der Waals surface area contributed by atoms with Crippen LogP contribution in [0.15, 0.2) is 47.4 Å². The second kappa shape index (κ2) is 8.44. The molecule has 1 fully saturated rings. The molecular formula is C20H15ClN2O4S2. The first kappa shape index (κ1) is 19.8. The van der Waals surface area contributed by atoms with Crippen LogP contribution in [0.25, 0.3) is 6.08 Å². The van der Waals surface area contributed by atoms with E-state index < -0.39 is 0 Å². The molecule has 6 nitrogen and oxygen atoms in total. The Morgan fingerprint density at radius 3 is 2.76 bits per heavy atom. The van der Waals surface area contributed by atoms with E-state index in [9.17, 15) is 9.59 Å². The minimum Gasteiger partial charge on any atom is -0.454 e. The lowest BCUT2D eigenvalue weighted by Gasteiger charge is -2.14. The van der Waals surface area contributed by atoms with Crippen LogP contribution in [-0.2, 0) is 9.59 Å². The molecular weight excluding hydrogens is 432 g/mol. The molecule has 2 heterocycles. The van der Waals surface area contributed by atoms with Crippen molar-refractivity contribution in [1.29, 1.82) is 0 Å². The molecule has 0 saturated carbocycles. The zero-order chi connectivity index (χ0) is 20.4. The molecule has 4 rings (SSSR count). The summed E-state index contributed by atoms with van der Waals surface area (Å²) < 4.78 is 11.1. The second-order valence-corrected chi connectivity index (χ2v) is 8.36. The summed E-state index contributed by atoms with van der Waals surface area (Å²) in [5.41, 5.74) is 1.46. The van der Waals surface area contributed by atoms with Crippen LogP contribution in [0.3, 0.4) is 0 Å². The van der Waals surface area contributed by atoms with Gasteiger partial charge in [0.25, 0.3) is 5.91 Å². The molecule has 0 aromatic heterocycles. The number of ether oxygens (including phenoxy) is 2. The van der Waals surface area contributed by atoms with Crippen LogP contribution in [0.4, 0.5) is 5.69 Å².